The van der Waals surface area contributed by atoms with Crippen LogP contribution in [0.1, 0.15) is 81.1 Å². The smallest absolute Gasteiger partial charge is 0.0798 e. The first-order valence-electron chi connectivity index (χ1n) is 16.7. The summed E-state index contributed by atoms with van der Waals surface area (Å²) in [7, 11) is 8.77. The van der Waals surface area contributed by atoms with Gasteiger partial charge in [0.2, 0.25) is 0 Å². The summed E-state index contributed by atoms with van der Waals surface area (Å²) >= 11 is 0. The minimum Gasteiger partial charge on any atom is -0.388 e. The zero-order chi connectivity index (χ0) is 30.3. The van der Waals surface area contributed by atoms with Crippen LogP contribution < -0.4 is 0 Å². The van der Waals surface area contributed by atoms with Crippen LogP contribution in [0.15, 0.2) is 0 Å². The molecule has 0 radical (unpaired) electrons. The molecule has 4 fully saturated rings. The maximum atomic E-state index is 10.5. The first-order chi connectivity index (χ1) is 18.8. The zero-order valence-electron chi connectivity index (χ0n) is 28.9. The molecule has 1 N–H and O–H groups in total. The number of hydrogen-bond donors (Lipinski definition) is 1. The lowest BCUT2D eigenvalue weighted by molar-refractivity contribution is -0.0475. The fraction of sp³-hybridized carbons (Fsp3) is 1.00. The maximum Gasteiger partial charge on any atom is 0.0798 e. The molecule has 0 atom stereocenters. The molecule has 4 saturated heterocycles. The van der Waals surface area contributed by atoms with Crippen molar-refractivity contribution in [3.05, 3.63) is 0 Å². The molecule has 4 aliphatic heterocycles. The summed E-state index contributed by atoms with van der Waals surface area (Å²) in [5, 5.41) is 10.5. The number of piperidine rings is 2. The molecule has 0 unspecified atom stereocenters. The Balaban J connectivity index is 0. The average molecular weight is 559 g/mol. The highest BCUT2D eigenvalue weighted by molar-refractivity contribution is 4.89. The number of β-amino-alcohol motifs (C(OH)–C–C–N with tert-alkyl or cyclic N) is 1. The van der Waals surface area contributed by atoms with Crippen molar-refractivity contribution in [1.82, 2.24) is 29.4 Å². The number of piperazine rings is 2. The maximum absolute atomic E-state index is 10.5. The molecule has 39 heavy (non-hydrogen) atoms. The summed E-state index contributed by atoms with van der Waals surface area (Å²) in [6, 6.07) is 0. The molecule has 4 heterocycles. The van der Waals surface area contributed by atoms with E-state index in [2.05, 4.69) is 57.6 Å². The SMILES string of the molecule is CC.CC.CC.CC.CN1CCC(CN2CCN(C)CC2)CC1.CN1CCN(CC2(O)CCN(C)CC2)CC1. The molecule has 0 aromatic carbocycles. The summed E-state index contributed by atoms with van der Waals surface area (Å²) in [4.78, 5) is 14.6. The van der Waals surface area contributed by atoms with Gasteiger partial charge in [-0.25, -0.2) is 0 Å². The molecular formula is C32H74N6O. The molecule has 0 aliphatic carbocycles. The van der Waals surface area contributed by atoms with Crippen LogP contribution in [-0.4, -0.2) is 160 Å². The van der Waals surface area contributed by atoms with Crippen molar-refractivity contribution in [2.24, 2.45) is 5.92 Å². The Morgan fingerprint density at radius 2 is 0.821 bits per heavy atom. The van der Waals surface area contributed by atoms with Gasteiger partial charge in [0.05, 0.1) is 5.60 Å². The lowest BCUT2D eigenvalue weighted by atomic mass is 9.91. The van der Waals surface area contributed by atoms with E-state index in [1.807, 2.05) is 55.4 Å². The van der Waals surface area contributed by atoms with Gasteiger partial charge in [0.1, 0.15) is 0 Å². The summed E-state index contributed by atoms with van der Waals surface area (Å²) < 4.78 is 0. The molecule has 0 saturated carbocycles. The van der Waals surface area contributed by atoms with Gasteiger partial charge in [0.15, 0.2) is 0 Å². The molecule has 0 bridgehead atoms. The van der Waals surface area contributed by atoms with E-state index < -0.39 is 5.60 Å². The molecule has 0 spiro atoms. The van der Waals surface area contributed by atoms with Gasteiger partial charge in [-0.15, -0.1) is 0 Å². The van der Waals surface area contributed by atoms with Crippen LogP contribution in [-0.2, 0) is 0 Å². The van der Waals surface area contributed by atoms with Crippen LogP contribution in [0, 0.1) is 5.92 Å². The fourth-order valence-corrected chi connectivity index (χ4v) is 5.26. The van der Waals surface area contributed by atoms with Gasteiger partial charge in [0.25, 0.3) is 0 Å². The quantitative estimate of drug-likeness (QED) is 0.549. The zero-order valence-corrected chi connectivity index (χ0v) is 28.9. The molecule has 0 aromatic heterocycles. The van der Waals surface area contributed by atoms with Crippen molar-refractivity contribution in [1.29, 1.82) is 0 Å². The number of likely N-dealkylation sites (tertiary alicyclic amines) is 2. The van der Waals surface area contributed by atoms with Gasteiger partial charge >= 0.3 is 0 Å². The summed E-state index contributed by atoms with van der Waals surface area (Å²) in [5.41, 5.74) is -0.428. The van der Waals surface area contributed by atoms with Crippen molar-refractivity contribution in [3.8, 4) is 0 Å². The third kappa shape index (κ3) is 18.7. The van der Waals surface area contributed by atoms with Crippen LogP contribution in [0.4, 0.5) is 0 Å². The second-order valence-corrected chi connectivity index (χ2v) is 11.0. The van der Waals surface area contributed by atoms with E-state index in [0.717, 1.165) is 64.6 Å². The summed E-state index contributed by atoms with van der Waals surface area (Å²) in [5.74, 6) is 0.963. The highest BCUT2D eigenvalue weighted by atomic mass is 16.3. The van der Waals surface area contributed by atoms with E-state index in [9.17, 15) is 5.11 Å². The number of rotatable bonds is 4. The van der Waals surface area contributed by atoms with Gasteiger partial charge in [0, 0.05) is 78.5 Å². The highest BCUT2D eigenvalue weighted by Crippen LogP contribution is 2.23. The summed E-state index contributed by atoms with van der Waals surface area (Å²) in [6.07, 6.45) is 4.66. The Bertz CT molecular complexity index is 471. The van der Waals surface area contributed by atoms with Crippen LogP contribution in [0.5, 0.6) is 0 Å². The average Bonchev–Trinajstić information content (AvgIpc) is 2.99. The third-order valence-electron chi connectivity index (χ3n) is 7.98. The first-order valence-corrected chi connectivity index (χ1v) is 16.7. The topological polar surface area (TPSA) is 39.7 Å². The van der Waals surface area contributed by atoms with E-state index in [1.165, 1.54) is 58.7 Å². The highest BCUT2D eigenvalue weighted by Gasteiger charge is 2.33. The Hall–Kier alpha value is -0.280. The monoisotopic (exact) mass is 559 g/mol. The molecule has 0 amide bonds. The second kappa shape index (κ2) is 25.4. The Morgan fingerprint density at radius 3 is 1.23 bits per heavy atom. The normalized spacial score (nSPS) is 23.6. The minimum atomic E-state index is -0.428. The van der Waals surface area contributed by atoms with Crippen LogP contribution in [0.25, 0.3) is 0 Å². The third-order valence-corrected chi connectivity index (χ3v) is 7.98. The Labute approximate surface area is 246 Å². The molecular weight excluding hydrogens is 484 g/mol. The Morgan fingerprint density at radius 1 is 0.487 bits per heavy atom. The number of nitrogens with zero attached hydrogens (tertiary/aromatic N) is 6. The van der Waals surface area contributed by atoms with E-state index in [0.29, 0.717) is 0 Å². The van der Waals surface area contributed by atoms with Gasteiger partial charge in [-0.3, -0.25) is 4.90 Å². The molecule has 4 aliphatic rings. The standard InChI is InChI=1S/C12H25N3O.C12H25N3.4C2H6/c1-13-5-3-12(16,4-6-13)11-15-9-7-14(2)8-10-15;1-13-5-3-12(4-6-13)11-15-9-7-14(2)8-10-15;4*1-2/h16H,3-11H2,1-2H3;12H,3-11H2,1-2H3;4*1-2H3. The van der Waals surface area contributed by atoms with Crippen molar-refractivity contribution in [3.63, 3.8) is 0 Å². The van der Waals surface area contributed by atoms with Gasteiger partial charge in [-0.05, 0) is 72.9 Å². The molecule has 0 aromatic rings. The molecule has 7 heteroatoms. The van der Waals surface area contributed by atoms with E-state index >= 15 is 0 Å². The number of likely N-dealkylation sites (N-methyl/N-ethyl adjacent to an activating group) is 2. The predicted octanol–water partition coefficient (Wildman–Crippen LogP) is 4.37. The first kappa shape index (κ1) is 40.9. The van der Waals surface area contributed by atoms with Crippen molar-refractivity contribution in [2.75, 3.05) is 120 Å². The van der Waals surface area contributed by atoms with Gasteiger partial charge < -0.3 is 29.6 Å². The van der Waals surface area contributed by atoms with E-state index in [-0.39, 0.29) is 0 Å². The molecule has 7 nitrogen and oxygen atoms in total. The van der Waals surface area contributed by atoms with Crippen molar-refractivity contribution in [2.45, 2.75) is 86.7 Å². The number of aliphatic hydroxyl groups is 1. The van der Waals surface area contributed by atoms with Crippen LogP contribution in [0.3, 0.4) is 0 Å². The molecule has 4 rings (SSSR count). The summed E-state index contributed by atoms with van der Waals surface area (Å²) in [6.45, 7) is 32.4. The van der Waals surface area contributed by atoms with Crippen molar-refractivity contribution < 1.29 is 5.11 Å². The second-order valence-electron chi connectivity index (χ2n) is 11.0. The largest absolute Gasteiger partial charge is 0.388 e. The lowest BCUT2D eigenvalue weighted by Gasteiger charge is -2.42. The van der Waals surface area contributed by atoms with Gasteiger partial charge in [-0.1, -0.05) is 55.4 Å². The van der Waals surface area contributed by atoms with Crippen LogP contribution in [0.2, 0.25) is 0 Å². The number of hydrogen-bond acceptors (Lipinski definition) is 7. The Kier molecular flexibility index (Phi) is 26.6. The van der Waals surface area contributed by atoms with Crippen molar-refractivity contribution >= 4 is 0 Å². The van der Waals surface area contributed by atoms with Gasteiger partial charge in [-0.2, -0.15) is 0 Å². The molecule has 238 valence electrons. The van der Waals surface area contributed by atoms with Crippen LogP contribution >= 0.6 is 0 Å². The van der Waals surface area contributed by atoms with E-state index in [1.54, 1.807) is 0 Å². The minimum absolute atomic E-state index is 0.428. The lowest BCUT2D eigenvalue weighted by Crippen LogP contribution is -2.54. The van der Waals surface area contributed by atoms with E-state index in [4.69, 9.17) is 0 Å². The fourth-order valence-electron chi connectivity index (χ4n) is 5.26. The predicted molar refractivity (Wildman–Crippen MR) is 175 cm³/mol.